The van der Waals surface area contributed by atoms with E-state index in [0.717, 1.165) is 18.7 Å². The van der Waals surface area contributed by atoms with Gasteiger partial charge < -0.3 is 20.3 Å². The zero-order valence-electron chi connectivity index (χ0n) is 12.5. The highest BCUT2D eigenvalue weighted by atomic mass is 16.5. The standard InChI is InChI=1S/C14H24N4O2/c1-18(2)9-4-6-17-14(19)13-11-12(5-7-16-13)15-8-10-20-3/h5,7,11H,4,6,8-10H2,1-3H3,(H,15,16)(H,17,19). The smallest absolute Gasteiger partial charge is 0.269 e. The molecule has 0 aliphatic rings. The lowest BCUT2D eigenvalue weighted by atomic mass is 10.3. The number of hydrogen-bond donors (Lipinski definition) is 2. The maximum atomic E-state index is 11.9. The van der Waals surface area contributed by atoms with E-state index in [1.807, 2.05) is 20.2 Å². The first kappa shape index (κ1) is 16.4. The molecule has 1 rings (SSSR count). The van der Waals surface area contributed by atoms with Crippen LogP contribution in [-0.4, -0.2) is 63.2 Å². The van der Waals surface area contributed by atoms with Gasteiger partial charge in [0.1, 0.15) is 5.69 Å². The third kappa shape index (κ3) is 6.49. The minimum absolute atomic E-state index is 0.140. The topological polar surface area (TPSA) is 66.5 Å². The summed E-state index contributed by atoms with van der Waals surface area (Å²) >= 11 is 0. The molecule has 112 valence electrons. The van der Waals surface area contributed by atoms with E-state index in [1.54, 1.807) is 19.4 Å². The van der Waals surface area contributed by atoms with Gasteiger partial charge >= 0.3 is 0 Å². The summed E-state index contributed by atoms with van der Waals surface area (Å²) in [6.45, 7) is 2.92. The molecule has 1 amide bonds. The number of rotatable bonds is 9. The molecule has 6 heteroatoms. The van der Waals surface area contributed by atoms with Crippen molar-refractivity contribution in [2.45, 2.75) is 6.42 Å². The number of methoxy groups -OCH3 is 1. The lowest BCUT2D eigenvalue weighted by molar-refractivity contribution is 0.0947. The van der Waals surface area contributed by atoms with Crippen molar-refractivity contribution < 1.29 is 9.53 Å². The molecule has 1 heterocycles. The minimum Gasteiger partial charge on any atom is -0.383 e. The number of aromatic nitrogens is 1. The second kappa shape index (κ2) is 9.28. The number of nitrogens with one attached hydrogen (secondary N) is 2. The quantitative estimate of drug-likeness (QED) is 0.656. The van der Waals surface area contributed by atoms with Crippen LogP contribution in [0.1, 0.15) is 16.9 Å². The molecule has 0 spiro atoms. The van der Waals surface area contributed by atoms with Crippen LogP contribution in [0.2, 0.25) is 0 Å². The van der Waals surface area contributed by atoms with Crippen molar-refractivity contribution in [1.82, 2.24) is 15.2 Å². The molecule has 0 aliphatic carbocycles. The molecule has 0 unspecified atom stereocenters. The zero-order valence-corrected chi connectivity index (χ0v) is 12.5. The number of pyridine rings is 1. The molecule has 0 saturated heterocycles. The van der Waals surface area contributed by atoms with Crippen molar-refractivity contribution >= 4 is 11.6 Å². The van der Waals surface area contributed by atoms with E-state index in [2.05, 4.69) is 20.5 Å². The maximum absolute atomic E-state index is 11.9. The summed E-state index contributed by atoms with van der Waals surface area (Å²) < 4.78 is 4.96. The van der Waals surface area contributed by atoms with Gasteiger partial charge in [0.25, 0.3) is 5.91 Å². The number of anilines is 1. The van der Waals surface area contributed by atoms with Crippen LogP contribution in [0.25, 0.3) is 0 Å². The van der Waals surface area contributed by atoms with Gasteiger partial charge in [0.2, 0.25) is 0 Å². The largest absolute Gasteiger partial charge is 0.383 e. The van der Waals surface area contributed by atoms with Gasteiger partial charge in [-0.15, -0.1) is 0 Å². The number of nitrogens with zero attached hydrogens (tertiary/aromatic N) is 2. The molecule has 1 aromatic rings. The Morgan fingerprint density at radius 2 is 2.20 bits per heavy atom. The molecule has 0 atom stereocenters. The molecular formula is C14H24N4O2. The Morgan fingerprint density at radius 1 is 1.40 bits per heavy atom. The highest BCUT2D eigenvalue weighted by molar-refractivity contribution is 5.93. The Balaban J connectivity index is 2.41. The number of carbonyl (C=O) groups is 1. The average molecular weight is 280 g/mol. The number of carbonyl (C=O) groups excluding carboxylic acids is 1. The molecular weight excluding hydrogens is 256 g/mol. The highest BCUT2D eigenvalue weighted by Crippen LogP contribution is 2.07. The van der Waals surface area contributed by atoms with Crippen molar-refractivity contribution in [2.24, 2.45) is 0 Å². The Labute approximate surface area is 120 Å². The molecule has 0 aromatic carbocycles. The predicted molar refractivity (Wildman–Crippen MR) is 80.1 cm³/mol. The van der Waals surface area contributed by atoms with E-state index in [1.165, 1.54) is 0 Å². The molecule has 0 saturated carbocycles. The van der Waals surface area contributed by atoms with Gasteiger partial charge in [-0.1, -0.05) is 0 Å². The van der Waals surface area contributed by atoms with E-state index < -0.39 is 0 Å². The Bertz CT molecular complexity index is 410. The van der Waals surface area contributed by atoms with Crippen LogP contribution in [0.15, 0.2) is 18.3 Å². The summed E-state index contributed by atoms with van der Waals surface area (Å²) in [5.74, 6) is -0.140. The molecule has 0 aliphatic heterocycles. The van der Waals surface area contributed by atoms with E-state index in [0.29, 0.717) is 25.4 Å². The maximum Gasteiger partial charge on any atom is 0.269 e. The summed E-state index contributed by atoms with van der Waals surface area (Å²) in [5.41, 5.74) is 1.30. The van der Waals surface area contributed by atoms with Gasteiger partial charge in [0.15, 0.2) is 0 Å². The lowest BCUT2D eigenvalue weighted by Crippen LogP contribution is -2.27. The van der Waals surface area contributed by atoms with Gasteiger partial charge in [0.05, 0.1) is 6.61 Å². The summed E-state index contributed by atoms with van der Waals surface area (Å²) in [5, 5.41) is 6.04. The predicted octanol–water partition coefficient (Wildman–Crippen LogP) is 0.821. The third-order valence-electron chi connectivity index (χ3n) is 2.70. The fourth-order valence-electron chi connectivity index (χ4n) is 1.65. The minimum atomic E-state index is -0.140. The lowest BCUT2D eigenvalue weighted by Gasteiger charge is -2.10. The highest BCUT2D eigenvalue weighted by Gasteiger charge is 2.07. The van der Waals surface area contributed by atoms with Crippen LogP contribution in [0, 0.1) is 0 Å². The van der Waals surface area contributed by atoms with Crippen LogP contribution in [-0.2, 0) is 4.74 Å². The average Bonchev–Trinajstić information content (AvgIpc) is 2.44. The Hall–Kier alpha value is -1.66. The van der Waals surface area contributed by atoms with Crippen molar-refractivity contribution in [3.05, 3.63) is 24.0 Å². The molecule has 1 aromatic heterocycles. The Kier molecular flexibility index (Phi) is 7.60. The fourth-order valence-corrected chi connectivity index (χ4v) is 1.65. The van der Waals surface area contributed by atoms with Crippen LogP contribution < -0.4 is 10.6 Å². The number of hydrogen-bond acceptors (Lipinski definition) is 5. The van der Waals surface area contributed by atoms with E-state index in [4.69, 9.17) is 4.74 Å². The molecule has 0 bridgehead atoms. The van der Waals surface area contributed by atoms with Crippen molar-refractivity contribution in [3.8, 4) is 0 Å². The monoisotopic (exact) mass is 280 g/mol. The first-order valence-corrected chi connectivity index (χ1v) is 6.75. The normalized spacial score (nSPS) is 10.6. The molecule has 0 radical (unpaired) electrons. The second-order valence-electron chi connectivity index (χ2n) is 4.76. The molecule has 6 nitrogen and oxygen atoms in total. The third-order valence-corrected chi connectivity index (χ3v) is 2.70. The van der Waals surface area contributed by atoms with Crippen LogP contribution in [0.4, 0.5) is 5.69 Å². The molecule has 20 heavy (non-hydrogen) atoms. The first-order chi connectivity index (χ1) is 9.63. The number of amides is 1. The molecule has 0 fully saturated rings. The van der Waals surface area contributed by atoms with Gasteiger partial charge in [-0.25, -0.2) is 0 Å². The van der Waals surface area contributed by atoms with Gasteiger partial charge in [-0.05, 0) is 39.2 Å². The summed E-state index contributed by atoms with van der Waals surface area (Å²) in [4.78, 5) is 18.1. The Morgan fingerprint density at radius 3 is 2.90 bits per heavy atom. The number of ether oxygens (including phenoxy) is 1. The SMILES string of the molecule is COCCNc1ccnc(C(=O)NCCCN(C)C)c1. The second-order valence-corrected chi connectivity index (χ2v) is 4.76. The van der Waals surface area contributed by atoms with Crippen molar-refractivity contribution in [1.29, 1.82) is 0 Å². The summed E-state index contributed by atoms with van der Waals surface area (Å²) in [6, 6.07) is 3.58. The first-order valence-electron chi connectivity index (χ1n) is 6.75. The van der Waals surface area contributed by atoms with E-state index in [-0.39, 0.29) is 5.91 Å². The van der Waals surface area contributed by atoms with Gasteiger partial charge in [-0.3, -0.25) is 9.78 Å². The van der Waals surface area contributed by atoms with Crippen molar-refractivity contribution in [3.63, 3.8) is 0 Å². The summed E-state index contributed by atoms with van der Waals surface area (Å²) in [6.07, 6.45) is 2.55. The van der Waals surface area contributed by atoms with Crippen LogP contribution in [0.3, 0.4) is 0 Å². The van der Waals surface area contributed by atoms with Crippen LogP contribution in [0.5, 0.6) is 0 Å². The van der Waals surface area contributed by atoms with Gasteiger partial charge in [-0.2, -0.15) is 0 Å². The van der Waals surface area contributed by atoms with Crippen LogP contribution >= 0.6 is 0 Å². The zero-order chi connectivity index (χ0) is 14.8. The van der Waals surface area contributed by atoms with E-state index >= 15 is 0 Å². The fraction of sp³-hybridized carbons (Fsp3) is 0.571. The van der Waals surface area contributed by atoms with Gasteiger partial charge in [0, 0.05) is 32.1 Å². The van der Waals surface area contributed by atoms with E-state index in [9.17, 15) is 4.79 Å². The van der Waals surface area contributed by atoms with Crippen molar-refractivity contribution in [2.75, 3.05) is 52.8 Å². The summed E-state index contributed by atoms with van der Waals surface area (Å²) in [7, 11) is 5.68. The molecule has 2 N–H and O–H groups in total.